The van der Waals surface area contributed by atoms with Crippen LogP contribution in [0.4, 0.5) is 0 Å². The molecule has 0 aliphatic carbocycles. The molecule has 1 rings (SSSR count). The zero-order valence-electron chi connectivity index (χ0n) is 14.8. The predicted octanol–water partition coefficient (Wildman–Crippen LogP) is 4.84. The zero-order valence-corrected chi connectivity index (χ0v) is 14.8. The van der Waals surface area contributed by atoms with E-state index in [1.54, 1.807) is 7.11 Å². The van der Waals surface area contributed by atoms with Crippen LogP contribution in [-0.2, 0) is 6.42 Å². The van der Waals surface area contributed by atoms with Crippen LogP contribution in [0.3, 0.4) is 0 Å². The van der Waals surface area contributed by atoms with Crippen molar-refractivity contribution in [2.24, 2.45) is 0 Å². The normalized spacial score (nSPS) is 11.4. The molecule has 0 saturated carbocycles. The molecule has 0 atom stereocenters. The first-order valence-corrected chi connectivity index (χ1v) is 8.63. The monoisotopic (exact) mass is 304 g/mol. The third kappa shape index (κ3) is 8.23. The van der Waals surface area contributed by atoms with E-state index in [-0.39, 0.29) is 0 Å². The van der Waals surface area contributed by atoms with Crippen LogP contribution in [0, 0.1) is 0 Å². The maximum Gasteiger partial charge on any atom is 0.118 e. The van der Waals surface area contributed by atoms with Crippen LogP contribution in [0.25, 0.3) is 0 Å². The van der Waals surface area contributed by atoms with Crippen molar-refractivity contribution in [3.8, 4) is 5.75 Å². The van der Waals surface area contributed by atoms with Gasteiger partial charge in [-0.15, -0.1) is 0 Å². The highest BCUT2D eigenvalue weighted by molar-refractivity contribution is 5.27. The second kappa shape index (κ2) is 10.4. The lowest BCUT2D eigenvalue weighted by atomic mass is 10.0. The van der Waals surface area contributed by atoms with Crippen molar-refractivity contribution < 1.29 is 9.22 Å². The summed E-state index contributed by atoms with van der Waals surface area (Å²) in [7, 11) is 6.29. The Morgan fingerprint density at radius 2 is 1.55 bits per heavy atom. The van der Waals surface area contributed by atoms with Crippen molar-refractivity contribution in [1.82, 2.24) is 0 Å². The fourth-order valence-corrected chi connectivity index (χ4v) is 2.81. The lowest BCUT2D eigenvalue weighted by Gasteiger charge is -2.28. The number of methoxy groups -OCH3 is 1. The van der Waals surface area contributed by atoms with Gasteiger partial charge < -0.3 is 9.22 Å². The number of hydrogen-bond acceptors (Lipinski definition) is 1. The fraction of sp³-hybridized carbons (Fsp3) is 0.600. The minimum atomic E-state index is 0.946. The average molecular weight is 304 g/mol. The van der Waals surface area contributed by atoms with Gasteiger partial charge in [-0.3, -0.25) is 0 Å². The van der Waals surface area contributed by atoms with E-state index in [0.717, 1.165) is 16.8 Å². The number of nitrogens with zero attached hydrogens (tertiary/aromatic N) is 1. The molecule has 0 aliphatic rings. The Labute approximate surface area is 137 Å². The second-order valence-electron chi connectivity index (χ2n) is 6.85. The SMILES string of the molecule is C=CC[N+](C)(C)CCCCCCCCc1ccc(OC)cc1. The van der Waals surface area contributed by atoms with Crippen molar-refractivity contribution in [2.45, 2.75) is 44.9 Å². The van der Waals surface area contributed by atoms with Gasteiger partial charge in [0.1, 0.15) is 5.75 Å². The van der Waals surface area contributed by atoms with E-state index in [1.807, 2.05) is 6.08 Å². The first kappa shape index (κ1) is 18.8. The summed E-state index contributed by atoms with van der Waals surface area (Å²) in [6, 6.07) is 8.47. The summed E-state index contributed by atoms with van der Waals surface area (Å²) in [5.74, 6) is 0.946. The molecular weight excluding hydrogens is 270 g/mol. The Morgan fingerprint density at radius 1 is 0.955 bits per heavy atom. The molecule has 0 radical (unpaired) electrons. The molecule has 0 N–H and O–H groups in total. The lowest BCUT2D eigenvalue weighted by Crippen LogP contribution is -2.40. The first-order valence-electron chi connectivity index (χ1n) is 8.63. The predicted molar refractivity (Wildman–Crippen MR) is 96.4 cm³/mol. The largest absolute Gasteiger partial charge is 0.497 e. The Hall–Kier alpha value is -1.28. The number of quaternary nitrogens is 1. The summed E-state index contributed by atoms with van der Waals surface area (Å²) in [6.45, 7) is 6.17. The second-order valence-corrected chi connectivity index (χ2v) is 6.85. The van der Waals surface area contributed by atoms with Crippen molar-refractivity contribution in [3.05, 3.63) is 42.5 Å². The number of ether oxygens (including phenoxy) is 1. The van der Waals surface area contributed by atoms with Crippen LogP contribution in [-0.4, -0.2) is 38.8 Å². The van der Waals surface area contributed by atoms with E-state index in [1.165, 1.54) is 57.1 Å². The van der Waals surface area contributed by atoms with E-state index in [0.29, 0.717) is 0 Å². The van der Waals surface area contributed by atoms with Crippen LogP contribution < -0.4 is 4.74 Å². The van der Waals surface area contributed by atoms with E-state index in [4.69, 9.17) is 4.74 Å². The highest BCUT2D eigenvalue weighted by Crippen LogP contribution is 2.14. The maximum atomic E-state index is 5.18. The van der Waals surface area contributed by atoms with Crippen LogP contribution in [0.2, 0.25) is 0 Å². The molecule has 124 valence electrons. The summed E-state index contributed by atoms with van der Waals surface area (Å²) in [5.41, 5.74) is 1.42. The highest BCUT2D eigenvalue weighted by atomic mass is 16.5. The molecule has 0 spiro atoms. The van der Waals surface area contributed by atoms with Crippen molar-refractivity contribution in [2.75, 3.05) is 34.3 Å². The molecule has 0 amide bonds. The van der Waals surface area contributed by atoms with Crippen LogP contribution in [0.5, 0.6) is 5.75 Å². The third-order valence-corrected chi connectivity index (χ3v) is 4.26. The lowest BCUT2D eigenvalue weighted by molar-refractivity contribution is -0.884. The average Bonchev–Trinajstić information content (AvgIpc) is 2.50. The molecule has 0 unspecified atom stereocenters. The summed E-state index contributed by atoms with van der Waals surface area (Å²) in [5, 5.41) is 0. The minimum Gasteiger partial charge on any atom is -0.497 e. The quantitative estimate of drug-likeness (QED) is 0.305. The van der Waals surface area contributed by atoms with E-state index >= 15 is 0 Å². The standard InChI is InChI=1S/C20H34NO/c1-5-17-21(2,3)18-11-9-7-6-8-10-12-19-13-15-20(22-4)16-14-19/h5,13-16H,1,6-12,17-18H2,2-4H3/q+1. The van der Waals surface area contributed by atoms with Gasteiger partial charge in [0, 0.05) is 0 Å². The molecule has 0 aliphatic heterocycles. The summed E-state index contributed by atoms with van der Waals surface area (Å²) < 4.78 is 6.25. The smallest absolute Gasteiger partial charge is 0.118 e. The third-order valence-electron chi connectivity index (χ3n) is 4.26. The number of unbranched alkanes of at least 4 members (excludes halogenated alkanes) is 5. The van der Waals surface area contributed by atoms with Crippen molar-refractivity contribution in [1.29, 1.82) is 0 Å². The first-order chi connectivity index (χ1) is 10.6. The van der Waals surface area contributed by atoms with Crippen LogP contribution in [0.1, 0.15) is 44.1 Å². The Bertz CT molecular complexity index is 408. The van der Waals surface area contributed by atoms with E-state index in [2.05, 4.69) is 44.9 Å². The number of likely N-dealkylation sites (N-methyl/N-ethyl adjacent to an activating group) is 1. The molecule has 0 heterocycles. The molecule has 2 nitrogen and oxygen atoms in total. The van der Waals surface area contributed by atoms with Crippen molar-refractivity contribution in [3.63, 3.8) is 0 Å². The Morgan fingerprint density at radius 3 is 2.14 bits per heavy atom. The maximum absolute atomic E-state index is 5.18. The molecule has 1 aromatic rings. The molecule has 22 heavy (non-hydrogen) atoms. The zero-order chi connectivity index (χ0) is 16.3. The fourth-order valence-electron chi connectivity index (χ4n) is 2.81. The summed E-state index contributed by atoms with van der Waals surface area (Å²) in [4.78, 5) is 0. The van der Waals surface area contributed by atoms with Gasteiger partial charge in [-0.05, 0) is 49.5 Å². The van der Waals surface area contributed by atoms with Crippen molar-refractivity contribution >= 4 is 0 Å². The Balaban J connectivity index is 2.00. The van der Waals surface area contributed by atoms with E-state index < -0.39 is 0 Å². The van der Waals surface area contributed by atoms with Gasteiger partial charge in [0.25, 0.3) is 0 Å². The van der Waals surface area contributed by atoms with Gasteiger partial charge in [-0.1, -0.05) is 38.0 Å². The molecule has 0 fully saturated rings. The number of hydrogen-bond donors (Lipinski definition) is 0. The summed E-state index contributed by atoms with van der Waals surface area (Å²) >= 11 is 0. The highest BCUT2D eigenvalue weighted by Gasteiger charge is 2.11. The molecular formula is C20H34NO+. The number of rotatable bonds is 12. The van der Waals surface area contributed by atoms with E-state index in [9.17, 15) is 0 Å². The van der Waals surface area contributed by atoms with Crippen LogP contribution in [0.15, 0.2) is 36.9 Å². The van der Waals surface area contributed by atoms with Gasteiger partial charge >= 0.3 is 0 Å². The van der Waals surface area contributed by atoms with Gasteiger partial charge in [0.2, 0.25) is 0 Å². The van der Waals surface area contributed by atoms with Crippen LogP contribution >= 0.6 is 0 Å². The molecule has 0 saturated heterocycles. The topological polar surface area (TPSA) is 9.23 Å². The minimum absolute atomic E-state index is 0.946. The Kier molecular flexibility index (Phi) is 8.91. The molecule has 2 heteroatoms. The summed E-state index contributed by atoms with van der Waals surface area (Å²) in [6.07, 6.45) is 11.3. The van der Waals surface area contributed by atoms with Gasteiger partial charge in [0.05, 0.1) is 34.3 Å². The van der Waals surface area contributed by atoms with Gasteiger partial charge in [-0.2, -0.15) is 0 Å². The number of benzene rings is 1. The number of aryl methyl sites for hydroxylation is 1. The molecule has 1 aromatic carbocycles. The molecule has 0 aromatic heterocycles. The van der Waals surface area contributed by atoms with Gasteiger partial charge in [0.15, 0.2) is 0 Å². The molecule has 0 bridgehead atoms. The van der Waals surface area contributed by atoms with Gasteiger partial charge in [-0.25, -0.2) is 0 Å².